The van der Waals surface area contributed by atoms with Crippen molar-refractivity contribution in [1.29, 1.82) is 0 Å². The Morgan fingerprint density at radius 3 is 1.41 bits per heavy atom. The molecular weight excluding hydrogens is 857 g/mol. The van der Waals surface area contributed by atoms with Crippen molar-refractivity contribution in [3.63, 3.8) is 0 Å². The fourth-order valence-corrected chi connectivity index (χ4v) is 10.1. The van der Waals surface area contributed by atoms with Crippen LogP contribution in [0.2, 0.25) is 0 Å². The van der Waals surface area contributed by atoms with Crippen molar-refractivity contribution in [2.45, 2.75) is 53.4 Å². The molecule has 2 heteroatoms. The van der Waals surface area contributed by atoms with Crippen LogP contribution < -0.4 is 11.1 Å². The van der Waals surface area contributed by atoms with Crippen molar-refractivity contribution >= 4 is 11.4 Å². The van der Waals surface area contributed by atoms with Gasteiger partial charge < -0.3 is 11.1 Å². The lowest BCUT2D eigenvalue weighted by Gasteiger charge is -2.11. The first-order chi connectivity index (χ1) is 34.7. The second-order valence-electron chi connectivity index (χ2n) is 19.0. The molecule has 2 radical (unpaired) electrons. The number of benzene rings is 8. The van der Waals surface area contributed by atoms with E-state index in [1.807, 2.05) is 49.5 Å². The zero-order chi connectivity index (χ0) is 49.1. The third kappa shape index (κ3) is 11.7. The van der Waals surface area contributed by atoms with Gasteiger partial charge in [0.2, 0.25) is 0 Å². The number of hydrogen-bond acceptors (Lipinski definition) is 2. The Morgan fingerprint density at radius 2 is 0.873 bits per heavy atom. The lowest BCUT2D eigenvalue weighted by atomic mass is 9.92. The number of fused-ring (bicyclic) bond motifs is 11. The van der Waals surface area contributed by atoms with Gasteiger partial charge in [0, 0.05) is 30.8 Å². The highest BCUT2D eigenvalue weighted by molar-refractivity contribution is 5.80. The van der Waals surface area contributed by atoms with Crippen molar-refractivity contribution < 1.29 is 0 Å². The first-order valence-corrected chi connectivity index (χ1v) is 25.0. The molecule has 2 nitrogen and oxygen atoms in total. The predicted molar refractivity (Wildman–Crippen MR) is 304 cm³/mol. The molecule has 8 aromatic carbocycles. The highest BCUT2D eigenvalue weighted by atomic mass is 14.8. The minimum Gasteiger partial charge on any atom is -0.399 e. The van der Waals surface area contributed by atoms with Crippen LogP contribution in [-0.2, 0) is 19.3 Å². The molecule has 8 aromatic rings. The average molecular weight is 921 g/mol. The SMILES string of the molecule is CC1=C[C]2CC3=CC=C[CH]C3=C2C=C1.CNc1ccc2c(c1)Cc1ccccc1-2.Cc1ccc2c(c1)Cc1ccccc1-2.Cc1ccccc1.Cc1ccccc1.Nc1ccc2c(c1)Cc1ccccc1-2. The first-order valence-electron chi connectivity index (χ1n) is 25.0. The quantitative estimate of drug-likeness (QED) is 0.161. The Morgan fingerprint density at radius 1 is 0.394 bits per heavy atom. The van der Waals surface area contributed by atoms with Crippen LogP contribution in [0.1, 0.15) is 63.4 Å². The first kappa shape index (κ1) is 48.1. The van der Waals surface area contributed by atoms with E-state index >= 15 is 0 Å². The van der Waals surface area contributed by atoms with E-state index in [-0.39, 0.29) is 0 Å². The zero-order valence-electron chi connectivity index (χ0n) is 41.8. The van der Waals surface area contributed by atoms with Gasteiger partial charge in [-0.25, -0.2) is 0 Å². The molecule has 0 amide bonds. The van der Waals surface area contributed by atoms with Gasteiger partial charge in [0.1, 0.15) is 0 Å². The van der Waals surface area contributed by atoms with Gasteiger partial charge in [-0.1, -0.05) is 223 Å². The molecule has 3 N–H and O–H groups in total. The molecule has 6 aliphatic rings. The van der Waals surface area contributed by atoms with Crippen LogP contribution in [0.5, 0.6) is 0 Å². The molecule has 0 aromatic heterocycles. The number of aryl methyl sites for hydroxylation is 3. The summed E-state index contributed by atoms with van der Waals surface area (Å²) in [6.45, 7) is 8.48. The van der Waals surface area contributed by atoms with Crippen molar-refractivity contribution in [2.75, 3.05) is 18.1 Å². The second kappa shape index (κ2) is 22.7. The fourth-order valence-electron chi connectivity index (χ4n) is 10.1. The third-order valence-electron chi connectivity index (χ3n) is 13.7. The predicted octanol–water partition coefficient (Wildman–Crippen LogP) is 17.2. The summed E-state index contributed by atoms with van der Waals surface area (Å²) in [6, 6.07) is 65.9. The smallest absolute Gasteiger partial charge is 0.0340 e. The van der Waals surface area contributed by atoms with Crippen molar-refractivity contribution in [2.24, 2.45) is 0 Å². The molecular formula is C69H64N2. The summed E-state index contributed by atoms with van der Waals surface area (Å²) in [5.74, 6) is 1.48. The van der Waals surface area contributed by atoms with Crippen LogP contribution in [-0.4, -0.2) is 7.05 Å². The van der Waals surface area contributed by atoms with E-state index in [1.54, 1.807) is 0 Å². The molecule has 14 rings (SSSR count). The minimum absolute atomic E-state index is 0.858. The summed E-state index contributed by atoms with van der Waals surface area (Å²) in [5, 5.41) is 3.18. The highest BCUT2D eigenvalue weighted by Gasteiger charge is 2.28. The maximum absolute atomic E-state index is 5.77. The number of rotatable bonds is 1. The van der Waals surface area contributed by atoms with Gasteiger partial charge >= 0.3 is 0 Å². The van der Waals surface area contributed by atoms with E-state index in [1.165, 1.54) is 117 Å². The Kier molecular flexibility index (Phi) is 15.3. The summed E-state index contributed by atoms with van der Waals surface area (Å²) < 4.78 is 0. The molecule has 0 heterocycles. The zero-order valence-corrected chi connectivity index (χ0v) is 41.8. The van der Waals surface area contributed by atoms with E-state index in [2.05, 4.69) is 221 Å². The van der Waals surface area contributed by atoms with E-state index in [9.17, 15) is 0 Å². The molecule has 0 unspecified atom stereocenters. The van der Waals surface area contributed by atoms with Gasteiger partial charge in [-0.05, 0) is 161 Å². The van der Waals surface area contributed by atoms with Crippen molar-refractivity contribution in [3.8, 4) is 33.4 Å². The summed E-state index contributed by atoms with van der Waals surface area (Å²) in [4.78, 5) is 0. The summed E-state index contributed by atoms with van der Waals surface area (Å²) in [6.07, 6.45) is 19.7. The summed E-state index contributed by atoms with van der Waals surface area (Å²) in [7, 11) is 1.96. The normalized spacial score (nSPS) is 14.0. The van der Waals surface area contributed by atoms with Crippen LogP contribution in [0.3, 0.4) is 0 Å². The maximum atomic E-state index is 5.77. The van der Waals surface area contributed by atoms with Gasteiger partial charge in [0.25, 0.3) is 0 Å². The number of hydrogen-bond donors (Lipinski definition) is 2. The Bertz CT molecular complexity index is 3170. The molecule has 0 saturated heterocycles. The summed E-state index contributed by atoms with van der Waals surface area (Å²) >= 11 is 0. The van der Waals surface area contributed by atoms with Crippen LogP contribution in [0.25, 0.3) is 33.4 Å². The van der Waals surface area contributed by atoms with Crippen LogP contribution in [0, 0.1) is 33.1 Å². The fraction of sp³-hybridized carbons (Fsp3) is 0.130. The second-order valence-corrected chi connectivity index (χ2v) is 19.0. The van der Waals surface area contributed by atoms with Crippen molar-refractivity contribution in [3.05, 3.63) is 309 Å². The number of allylic oxidation sites excluding steroid dienone is 10. The lowest BCUT2D eigenvalue weighted by molar-refractivity contribution is 1.10. The van der Waals surface area contributed by atoms with E-state index in [0.29, 0.717) is 0 Å². The van der Waals surface area contributed by atoms with Crippen LogP contribution in [0.4, 0.5) is 11.4 Å². The molecule has 350 valence electrons. The largest absolute Gasteiger partial charge is 0.399 e. The van der Waals surface area contributed by atoms with E-state index in [0.717, 1.165) is 31.4 Å². The van der Waals surface area contributed by atoms with Gasteiger partial charge in [-0.3, -0.25) is 0 Å². The van der Waals surface area contributed by atoms with E-state index in [4.69, 9.17) is 5.73 Å². The van der Waals surface area contributed by atoms with Gasteiger partial charge in [0.05, 0.1) is 0 Å². The standard InChI is InChI=1S/C14H13N.2C14H12.C13H11N.2C7H8/c1-15-12-6-7-14-11(9-12)8-10-4-2-3-5-13(10)14;2*1-10-6-7-14-12(8-10)9-11-4-2-3-5-13(11)14;14-11-5-6-13-10(8-11)7-9-3-1-2-4-12(9)13;2*1-7-5-3-2-4-6-7/h2-7,9,15H,8H2,1H3;2*2-8H,9H2,1H3;1-6,8H,7,14H2;2*2-6H,1H3. The van der Waals surface area contributed by atoms with E-state index < -0.39 is 0 Å². The van der Waals surface area contributed by atoms with Gasteiger partial charge in [0.15, 0.2) is 0 Å². The number of nitrogen functional groups attached to an aromatic ring is 1. The van der Waals surface area contributed by atoms with Gasteiger partial charge in [-0.2, -0.15) is 0 Å². The van der Waals surface area contributed by atoms with Crippen LogP contribution >= 0.6 is 0 Å². The molecule has 6 aliphatic carbocycles. The monoisotopic (exact) mass is 921 g/mol. The Hall–Kier alpha value is -7.94. The molecule has 0 spiro atoms. The molecule has 0 saturated carbocycles. The number of anilines is 2. The minimum atomic E-state index is 0.858. The molecule has 0 fully saturated rings. The topological polar surface area (TPSA) is 38.0 Å². The van der Waals surface area contributed by atoms with Crippen LogP contribution in [0.15, 0.2) is 247 Å². The third-order valence-corrected chi connectivity index (χ3v) is 13.7. The lowest BCUT2D eigenvalue weighted by Crippen LogP contribution is -1.96. The highest BCUT2D eigenvalue weighted by Crippen LogP contribution is 2.45. The Balaban J connectivity index is 0.000000108. The average Bonchev–Trinajstić information content (AvgIpc) is 4.17. The molecule has 0 aliphatic heterocycles. The van der Waals surface area contributed by atoms with Crippen molar-refractivity contribution in [1.82, 2.24) is 0 Å². The Labute approximate surface area is 423 Å². The number of nitrogens with one attached hydrogen (secondary N) is 1. The van der Waals surface area contributed by atoms with Gasteiger partial charge in [-0.15, -0.1) is 0 Å². The molecule has 71 heavy (non-hydrogen) atoms. The molecule has 0 atom stereocenters. The number of nitrogens with two attached hydrogens (primary N) is 1. The maximum Gasteiger partial charge on any atom is 0.0340 e. The summed E-state index contributed by atoms with van der Waals surface area (Å²) in [5.41, 5.74) is 34.4. The molecule has 0 bridgehead atoms.